The summed E-state index contributed by atoms with van der Waals surface area (Å²) in [6.07, 6.45) is 7.10. The van der Waals surface area contributed by atoms with Crippen molar-refractivity contribution in [2.24, 2.45) is 10.9 Å². The van der Waals surface area contributed by atoms with Gasteiger partial charge in [0.05, 0.1) is 58.5 Å². The minimum atomic E-state index is -1.79. The normalized spacial score (nSPS) is 18.5. The summed E-state index contributed by atoms with van der Waals surface area (Å²) in [6.45, 7) is 8.38. The third-order valence-corrected chi connectivity index (χ3v) is 12.3. The van der Waals surface area contributed by atoms with Crippen molar-refractivity contribution >= 4 is 32.0 Å². The van der Waals surface area contributed by atoms with Gasteiger partial charge >= 0.3 is 0 Å². The number of ether oxygens (including phenoxy) is 4. The zero-order valence-electron chi connectivity index (χ0n) is 35.8. The summed E-state index contributed by atoms with van der Waals surface area (Å²) in [6, 6.07) is 27.6. The van der Waals surface area contributed by atoms with E-state index in [2.05, 4.69) is 64.3 Å². The summed E-state index contributed by atoms with van der Waals surface area (Å²) in [5.41, 5.74) is 1.17. The SMILES string of the molecule is C#C[C@@H]1[C@H](OP(OCCC#N)N(C(C)C)C(C)C)[C@@H](COC(c2ccccc2)(c2ccc(OC)cc2)c2ccc(OC)cc2)O[C@H]1n1cnc2c(=O)[nH]c(/N=C/N(C)C)nc21. The van der Waals surface area contributed by atoms with Crippen LogP contribution >= 0.6 is 8.53 Å². The number of aromatic amines is 1. The van der Waals surface area contributed by atoms with Crippen LogP contribution in [0.15, 0.2) is 95.0 Å². The van der Waals surface area contributed by atoms with Crippen LogP contribution in [0.1, 0.15) is 57.0 Å². The smallest absolute Gasteiger partial charge is 0.280 e. The second-order valence-electron chi connectivity index (χ2n) is 15.1. The first kappa shape index (κ1) is 44.9. The number of nitrogens with one attached hydrogen (secondary N) is 1. The van der Waals surface area contributed by atoms with E-state index in [0.717, 1.165) is 16.7 Å². The van der Waals surface area contributed by atoms with Crippen LogP contribution < -0.4 is 15.0 Å². The summed E-state index contributed by atoms with van der Waals surface area (Å²) in [4.78, 5) is 31.1. The molecule has 5 atom stereocenters. The average molecular weight is 849 g/mol. The molecule has 61 heavy (non-hydrogen) atoms. The van der Waals surface area contributed by atoms with Crippen molar-refractivity contribution < 1.29 is 28.0 Å². The highest BCUT2D eigenvalue weighted by molar-refractivity contribution is 7.44. The molecule has 3 heterocycles. The molecule has 15 nitrogen and oxygen atoms in total. The molecular weight excluding hydrogens is 796 g/mol. The first-order chi connectivity index (χ1) is 29.4. The molecule has 1 saturated heterocycles. The molecule has 0 aliphatic carbocycles. The molecule has 2 aromatic heterocycles. The van der Waals surface area contributed by atoms with E-state index in [4.69, 9.17) is 34.4 Å². The molecule has 0 spiro atoms. The lowest BCUT2D eigenvalue weighted by Gasteiger charge is -2.39. The van der Waals surface area contributed by atoms with Crippen molar-refractivity contribution in [3.63, 3.8) is 0 Å². The summed E-state index contributed by atoms with van der Waals surface area (Å²) in [5.74, 6) is 3.65. The van der Waals surface area contributed by atoms with Gasteiger partial charge in [0.25, 0.3) is 14.1 Å². The maximum atomic E-state index is 13.3. The van der Waals surface area contributed by atoms with Crippen molar-refractivity contribution in [2.75, 3.05) is 41.5 Å². The molecule has 0 amide bonds. The van der Waals surface area contributed by atoms with Crippen LogP contribution in [0, 0.1) is 29.6 Å². The van der Waals surface area contributed by atoms with Crippen LogP contribution in [0.2, 0.25) is 0 Å². The number of hydrogen-bond donors (Lipinski definition) is 1. The molecule has 1 N–H and O–H groups in total. The Bertz CT molecular complexity index is 2320. The highest BCUT2D eigenvalue weighted by Crippen LogP contribution is 2.52. The van der Waals surface area contributed by atoms with Gasteiger partial charge in [-0.15, -0.1) is 6.42 Å². The van der Waals surface area contributed by atoms with E-state index in [0.29, 0.717) is 11.5 Å². The number of terminal acetylenes is 1. The Morgan fingerprint density at radius 2 is 1.59 bits per heavy atom. The lowest BCUT2D eigenvalue weighted by molar-refractivity contribution is -0.0914. The number of imidazole rings is 1. The Hall–Kier alpha value is -5.64. The number of aliphatic imine (C=N–C) groups is 1. The van der Waals surface area contributed by atoms with Crippen molar-refractivity contribution in [3.8, 4) is 29.9 Å². The first-order valence-electron chi connectivity index (χ1n) is 20.0. The molecule has 3 aromatic carbocycles. The van der Waals surface area contributed by atoms with Crippen LogP contribution in [0.4, 0.5) is 5.95 Å². The molecule has 16 heteroatoms. The minimum absolute atomic E-state index is 0.0100. The number of benzene rings is 3. The molecule has 1 aliphatic heterocycles. The van der Waals surface area contributed by atoms with Gasteiger partial charge in [-0.1, -0.05) is 60.5 Å². The number of methoxy groups -OCH3 is 2. The molecule has 5 aromatic rings. The van der Waals surface area contributed by atoms with Gasteiger partial charge in [-0.3, -0.25) is 14.3 Å². The maximum Gasteiger partial charge on any atom is 0.280 e. The maximum absolute atomic E-state index is 13.3. The van der Waals surface area contributed by atoms with Gasteiger partial charge < -0.3 is 32.9 Å². The van der Waals surface area contributed by atoms with E-state index in [-0.39, 0.29) is 48.8 Å². The van der Waals surface area contributed by atoms with E-state index in [1.54, 1.807) is 23.7 Å². The van der Waals surface area contributed by atoms with Gasteiger partial charge in [0, 0.05) is 26.2 Å². The van der Waals surface area contributed by atoms with Crippen molar-refractivity contribution in [1.82, 2.24) is 29.1 Å². The summed E-state index contributed by atoms with van der Waals surface area (Å²) in [7, 11) is 5.08. The number of fused-ring (bicyclic) bond motifs is 1. The number of aromatic nitrogens is 4. The van der Waals surface area contributed by atoms with Crippen LogP contribution in [0.25, 0.3) is 11.2 Å². The number of nitriles is 1. The van der Waals surface area contributed by atoms with Crippen molar-refractivity contribution in [3.05, 3.63) is 112 Å². The summed E-state index contributed by atoms with van der Waals surface area (Å²) < 4.78 is 42.7. The van der Waals surface area contributed by atoms with Crippen LogP contribution in [-0.2, 0) is 24.1 Å². The number of rotatable bonds is 19. The highest BCUT2D eigenvalue weighted by atomic mass is 31.2. The molecule has 1 unspecified atom stereocenters. The molecule has 1 aliphatic rings. The highest BCUT2D eigenvalue weighted by Gasteiger charge is 2.50. The van der Waals surface area contributed by atoms with Gasteiger partial charge in [0.1, 0.15) is 29.3 Å². The van der Waals surface area contributed by atoms with E-state index >= 15 is 0 Å². The molecule has 0 radical (unpaired) electrons. The Balaban J connectivity index is 1.50. The molecule has 0 saturated carbocycles. The van der Waals surface area contributed by atoms with E-state index in [1.807, 2.05) is 93.0 Å². The Morgan fingerprint density at radius 1 is 0.984 bits per heavy atom. The summed E-state index contributed by atoms with van der Waals surface area (Å²) >= 11 is 0. The van der Waals surface area contributed by atoms with E-state index < -0.39 is 44.0 Å². The largest absolute Gasteiger partial charge is 0.497 e. The molecule has 1 fully saturated rings. The topological polar surface area (TPSA) is 162 Å². The van der Waals surface area contributed by atoms with Gasteiger partial charge in [-0.25, -0.2) is 14.6 Å². The predicted octanol–water partition coefficient (Wildman–Crippen LogP) is 7.17. The fourth-order valence-corrected chi connectivity index (χ4v) is 9.21. The zero-order valence-corrected chi connectivity index (χ0v) is 36.7. The Labute approximate surface area is 358 Å². The minimum Gasteiger partial charge on any atom is -0.497 e. The van der Waals surface area contributed by atoms with Crippen LogP contribution in [0.3, 0.4) is 0 Å². The Kier molecular flexibility index (Phi) is 14.9. The van der Waals surface area contributed by atoms with Crippen LogP contribution in [0.5, 0.6) is 11.5 Å². The first-order valence-corrected chi connectivity index (χ1v) is 21.1. The molecule has 0 bridgehead atoms. The third-order valence-electron chi connectivity index (χ3n) is 10.2. The molecular formula is C45H53N8O7P. The number of H-pyrrole nitrogens is 1. The predicted molar refractivity (Wildman–Crippen MR) is 235 cm³/mol. The monoisotopic (exact) mass is 848 g/mol. The number of hydrogen-bond acceptors (Lipinski definition) is 12. The lowest BCUT2D eigenvalue weighted by atomic mass is 9.80. The quantitative estimate of drug-likeness (QED) is 0.0223. The van der Waals surface area contributed by atoms with E-state index in [1.165, 1.54) is 12.7 Å². The van der Waals surface area contributed by atoms with Crippen molar-refractivity contribution in [2.45, 2.75) is 70.2 Å². The van der Waals surface area contributed by atoms with Gasteiger partial charge in [0.2, 0.25) is 5.95 Å². The second kappa shape index (κ2) is 20.3. The average Bonchev–Trinajstić information content (AvgIpc) is 3.84. The van der Waals surface area contributed by atoms with Crippen LogP contribution in [-0.4, -0.2) is 101 Å². The van der Waals surface area contributed by atoms with E-state index in [9.17, 15) is 10.1 Å². The van der Waals surface area contributed by atoms with Gasteiger partial charge in [0.15, 0.2) is 17.4 Å². The lowest BCUT2D eigenvalue weighted by Crippen LogP contribution is -2.41. The molecule has 320 valence electrons. The standard InChI is InChI=1S/C45H53N8O7P/c1-10-37-40(60-61(58-26-14-25-46)53(30(2)3)31(4)5)38(59-43(37)52-29-47-39-41(52)49-44(50-42(39)54)48-28-51(6)7)27-57-45(32-15-12-11-13-16-32,33-17-21-35(55-8)22-18-33)34-19-23-36(56-9)24-20-34/h1,11-13,15-24,28-31,37-38,40,43H,14,26-27H2,2-9H3,(H,49,50,54)/b48-28+/t37-,38-,40+,43-,61?/m1/s1. The number of nitrogens with zero attached hydrogens (tertiary/aromatic N) is 7. The van der Waals surface area contributed by atoms with Gasteiger partial charge in [-0.05, 0) is 68.7 Å². The fourth-order valence-electron chi connectivity index (χ4n) is 7.43. The van der Waals surface area contributed by atoms with Gasteiger partial charge in [-0.2, -0.15) is 10.2 Å². The zero-order chi connectivity index (χ0) is 43.7. The second-order valence-corrected chi connectivity index (χ2v) is 16.5. The Morgan fingerprint density at radius 3 is 2.13 bits per heavy atom. The fraction of sp³-hybridized carbons (Fsp3) is 0.400. The molecule has 6 rings (SSSR count). The van der Waals surface area contributed by atoms with Crippen molar-refractivity contribution in [1.29, 1.82) is 5.26 Å². The summed E-state index contributed by atoms with van der Waals surface area (Å²) in [5, 5.41) is 9.45. The third kappa shape index (κ3) is 9.79.